The number of hydrogen-bond acceptors (Lipinski definition) is 4. The number of ketones is 1. The van der Waals surface area contributed by atoms with Crippen molar-refractivity contribution in [2.45, 2.75) is 37.8 Å². The molecule has 0 aliphatic heterocycles. The number of carbonyl (C=O) groups is 1. The number of ether oxygens (including phenoxy) is 1. The van der Waals surface area contributed by atoms with Crippen LogP contribution in [-0.4, -0.2) is 26.9 Å². The SMILES string of the molecule is O=C(c1ccc(Oc2ncccc2C2CCC(C(F)(F)F)CC2)cc1)c1nc2ccccc2[nH]1. The van der Waals surface area contributed by atoms with Gasteiger partial charge in [0.05, 0.1) is 17.0 Å². The van der Waals surface area contributed by atoms with Crippen LogP contribution in [0, 0.1) is 5.92 Å². The summed E-state index contributed by atoms with van der Waals surface area (Å²) in [4.78, 5) is 24.5. The number of para-hydroxylation sites is 2. The van der Waals surface area contributed by atoms with Crippen molar-refractivity contribution in [3.8, 4) is 11.6 Å². The number of alkyl halides is 3. The minimum atomic E-state index is -4.14. The van der Waals surface area contributed by atoms with Gasteiger partial charge in [0.15, 0.2) is 5.82 Å². The average molecular weight is 465 g/mol. The highest BCUT2D eigenvalue weighted by Crippen LogP contribution is 2.44. The molecule has 34 heavy (non-hydrogen) atoms. The van der Waals surface area contributed by atoms with Crippen LogP contribution < -0.4 is 4.74 Å². The summed E-state index contributed by atoms with van der Waals surface area (Å²) >= 11 is 0. The fraction of sp³-hybridized carbons (Fsp3) is 0.269. The number of fused-ring (bicyclic) bond motifs is 1. The first-order valence-electron chi connectivity index (χ1n) is 11.2. The van der Waals surface area contributed by atoms with Crippen molar-refractivity contribution in [2.24, 2.45) is 5.92 Å². The van der Waals surface area contributed by atoms with Gasteiger partial charge in [-0.3, -0.25) is 4.79 Å². The van der Waals surface area contributed by atoms with Crippen LogP contribution in [0.1, 0.15) is 53.3 Å². The molecule has 4 aromatic rings. The van der Waals surface area contributed by atoms with Gasteiger partial charge >= 0.3 is 6.18 Å². The maximum absolute atomic E-state index is 13.0. The molecular weight excluding hydrogens is 443 g/mol. The van der Waals surface area contributed by atoms with E-state index in [4.69, 9.17) is 4.74 Å². The molecule has 2 aromatic heterocycles. The fourth-order valence-electron chi connectivity index (χ4n) is 4.51. The number of H-pyrrole nitrogens is 1. The number of rotatable bonds is 5. The molecule has 0 unspecified atom stereocenters. The van der Waals surface area contributed by atoms with Gasteiger partial charge in [-0.1, -0.05) is 18.2 Å². The summed E-state index contributed by atoms with van der Waals surface area (Å²) in [5, 5.41) is 0. The van der Waals surface area contributed by atoms with E-state index in [1.165, 1.54) is 0 Å². The lowest BCUT2D eigenvalue weighted by Crippen LogP contribution is -2.27. The van der Waals surface area contributed by atoms with E-state index in [2.05, 4.69) is 15.0 Å². The Morgan fingerprint density at radius 1 is 0.941 bits per heavy atom. The van der Waals surface area contributed by atoms with E-state index in [0.717, 1.165) is 16.6 Å². The molecule has 2 aromatic carbocycles. The zero-order valence-corrected chi connectivity index (χ0v) is 18.2. The zero-order valence-electron chi connectivity index (χ0n) is 18.2. The Morgan fingerprint density at radius 3 is 2.38 bits per heavy atom. The molecule has 1 fully saturated rings. The maximum atomic E-state index is 13.0. The van der Waals surface area contributed by atoms with Gasteiger partial charge in [0, 0.05) is 17.3 Å². The molecule has 0 atom stereocenters. The molecule has 1 saturated carbocycles. The van der Waals surface area contributed by atoms with E-state index in [1.807, 2.05) is 30.3 Å². The number of hydrogen-bond donors (Lipinski definition) is 1. The fourth-order valence-corrected chi connectivity index (χ4v) is 4.51. The third-order valence-corrected chi connectivity index (χ3v) is 6.37. The van der Waals surface area contributed by atoms with Crippen molar-refractivity contribution in [1.82, 2.24) is 15.0 Å². The Kier molecular flexibility index (Phi) is 5.81. The summed E-state index contributed by atoms with van der Waals surface area (Å²) in [6.45, 7) is 0. The van der Waals surface area contributed by atoms with Crippen LogP contribution in [0.5, 0.6) is 11.6 Å². The molecule has 1 aliphatic rings. The predicted molar refractivity (Wildman–Crippen MR) is 121 cm³/mol. The lowest BCUT2D eigenvalue weighted by atomic mass is 9.78. The number of pyridine rings is 1. The lowest BCUT2D eigenvalue weighted by Gasteiger charge is -2.30. The van der Waals surface area contributed by atoms with E-state index in [-0.39, 0.29) is 30.4 Å². The largest absolute Gasteiger partial charge is 0.439 e. The van der Waals surface area contributed by atoms with Crippen molar-refractivity contribution < 1.29 is 22.7 Å². The smallest absolute Gasteiger partial charge is 0.391 e. The van der Waals surface area contributed by atoms with Gasteiger partial charge in [0.1, 0.15) is 5.75 Å². The summed E-state index contributed by atoms with van der Waals surface area (Å²) in [6.07, 6.45) is -1.43. The topological polar surface area (TPSA) is 67.9 Å². The first-order valence-corrected chi connectivity index (χ1v) is 11.2. The van der Waals surface area contributed by atoms with Crippen LogP contribution in [-0.2, 0) is 0 Å². The number of imidazole rings is 1. The Labute approximate surface area is 194 Å². The Hall–Kier alpha value is -3.68. The molecule has 5 nitrogen and oxygen atoms in total. The zero-order chi connectivity index (χ0) is 23.7. The lowest BCUT2D eigenvalue weighted by molar-refractivity contribution is -0.182. The molecule has 0 spiro atoms. The molecular formula is C26H22F3N3O2. The van der Waals surface area contributed by atoms with Crippen LogP contribution in [0.2, 0.25) is 0 Å². The van der Waals surface area contributed by atoms with Crippen LogP contribution in [0.4, 0.5) is 13.2 Å². The van der Waals surface area contributed by atoms with Gasteiger partial charge in [-0.25, -0.2) is 9.97 Å². The highest BCUT2D eigenvalue weighted by Gasteiger charge is 2.42. The highest BCUT2D eigenvalue weighted by atomic mass is 19.4. The minimum absolute atomic E-state index is 0.0313. The van der Waals surface area contributed by atoms with E-state index in [1.54, 1.807) is 36.5 Å². The average Bonchev–Trinajstić information content (AvgIpc) is 3.28. The van der Waals surface area contributed by atoms with Gasteiger partial charge in [-0.2, -0.15) is 13.2 Å². The molecule has 2 heterocycles. The van der Waals surface area contributed by atoms with Gasteiger partial charge in [0.2, 0.25) is 11.7 Å². The number of halogens is 3. The van der Waals surface area contributed by atoms with Gasteiger partial charge in [-0.15, -0.1) is 0 Å². The van der Waals surface area contributed by atoms with Crippen molar-refractivity contribution in [2.75, 3.05) is 0 Å². The van der Waals surface area contributed by atoms with Crippen molar-refractivity contribution in [3.05, 3.63) is 83.8 Å². The van der Waals surface area contributed by atoms with E-state index >= 15 is 0 Å². The number of aromatic nitrogens is 3. The summed E-state index contributed by atoms with van der Waals surface area (Å²) < 4.78 is 45.0. The summed E-state index contributed by atoms with van der Waals surface area (Å²) in [6, 6.07) is 17.7. The molecule has 1 N–H and O–H groups in total. The van der Waals surface area contributed by atoms with Crippen LogP contribution in [0.25, 0.3) is 11.0 Å². The van der Waals surface area contributed by atoms with Crippen molar-refractivity contribution in [3.63, 3.8) is 0 Å². The first kappa shape index (κ1) is 22.1. The van der Waals surface area contributed by atoms with Gasteiger partial charge in [-0.05, 0) is 74.1 Å². The van der Waals surface area contributed by atoms with Gasteiger partial charge < -0.3 is 9.72 Å². The molecule has 5 rings (SSSR count). The number of carbonyl (C=O) groups excluding carboxylic acids is 1. The predicted octanol–water partition coefficient (Wildman–Crippen LogP) is 6.82. The standard InChI is InChI=1S/C26H22F3N3O2/c27-26(28,29)18-11-7-16(8-12-18)20-4-3-15-30-25(20)34-19-13-9-17(10-14-19)23(33)24-31-21-5-1-2-6-22(21)32-24/h1-6,9-10,13-16,18H,7-8,11-12H2,(H,31,32). The number of benzene rings is 2. The van der Waals surface area contributed by atoms with Crippen LogP contribution in [0.3, 0.4) is 0 Å². The van der Waals surface area contributed by atoms with Crippen molar-refractivity contribution in [1.29, 1.82) is 0 Å². The number of aromatic amines is 1. The summed E-state index contributed by atoms with van der Waals surface area (Å²) in [7, 11) is 0. The molecule has 0 bridgehead atoms. The molecule has 1 aliphatic carbocycles. The second-order valence-corrected chi connectivity index (χ2v) is 8.55. The molecule has 0 saturated heterocycles. The molecule has 8 heteroatoms. The van der Waals surface area contributed by atoms with E-state index in [9.17, 15) is 18.0 Å². The second-order valence-electron chi connectivity index (χ2n) is 8.55. The monoisotopic (exact) mass is 465 g/mol. The number of nitrogens with zero attached hydrogens (tertiary/aromatic N) is 2. The van der Waals surface area contributed by atoms with Crippen LogP contribution >= 0.6 is 0 Å². The van der Waals surface area contributed by atoms with E-state index < -0.39 is 12.1 Å². The third kappa shape index (κ3) is 4.53. The maximum Gasteiger partial charge on any atom is 0.391 e. The molecule has 0 amide bonds. The molecule has 0 radical (unpaired) electrons. The quantitative estimate of drug-likeness (QED) is 0.329. The minimum Gasteiger partial charge on any atom is -0.439 e. The first-order chi connectivity index (χ1) is 16.4. The Bertz CT molecular complexity index is 1270. The third-order valence-electron chi connectivity index (χ3n) is 6.37. The second kappa shape index (κ2) is 8.93. The van der Waals surface area contributed by atoms with Crippen molar-refractivity contribution >= 4 is 16.8 Å². The Balaban J connectivity index is 1.30. The van der Waals surface area contributed by atoms with E-state index in [0.29, 0.717) is 30.0 Å². The Morgan fingerprint density at radius 2 is 1.68 bits per heavy atom. The summed E-state index contributed by atoms with van der Waals surface area (Å²) in [5.41, 5.74) is 2.78. The number of nitrogens with one attached hydrogen (secondary N) is 1. The normalized spacial score (nSPS) is 18.7. The van der Waals surface area contributed by atoms with Gasteiger partial charge in [0.25, 0.3) is 0 Å². The molecule has 174 valence electrons. The highest BCUT2D eigenvalue weighted by molar-refractivity contribution is 6.08. The summed E-state index contributed by atoms with van der Waals surface area (Å²) in [5.74, 6) is -0.365. The van der Waals surface area contributed by atoms with Crippen LogP contribution in [0.15, 0.2) is 66.9 Å².